The van der Waals surface area contributed by atoms with Crippen molar-refractivity contribution in [1.29, 1.82) is 0 Å². The number of sulfonamides is 1. The number of allylic oxidation sites excluding steroid dienone is 1. The molecule has 0 spiro atoms. The Balaban J connectivity index is 1.97. The summed E-state index contributed by atoms with van der Waals surface area (Å²) >= 11 is 0. The minimum atomic E-state index is -3.45. The van der Waals surface area contributed by atoms with Crippen LogP contribution < -0.4 is 9.46 Å². The summed E-state index contributed by atoms with van der Waals surface area (Å²) in [7, 11) is -3.45. The summed E-state index contributed by atoms with van der Waals surface area (Å²) in [6.45, 7) is 4.79. The lowest BCUT2D eigenvalue weighted by Crippen LogP contribution is -2.25. The van der Waals surface area contributed by atoms with E-state index in [4.69, 9.17) is 4.74 Å². The number of rotatable bonds is 7. The van der Waals surface area contributed by atoms with Gasteiger partial charge in [-0.25, -0.2) is 13.1 Å². The van der Waals surface area contributed by atoms with Crippen LogP contribution in [0.1, 0.15) is 44.6 Å². The summed E-state index contributed by atoms with van der Waals surface area (Å²) in [5.41, 5.74) is 2.21. The molecule has 0 unspecified atom stereocenters. The van der Waals surface area contributed by atoms with E-state index in [1.54, 1.807) is 18.2 Å². The summed E-state index contributed by atoms with van der Waals surface area (Å²) < 4.78 is 32.8. The van der Waals surface area contributed by atoms with Gasteiger partial charge in [-0.1, -0.05) is 11.6 Å². The number of aryl methyl sites for hydroxylation is 1. The van der Waals surface area contributed by atoms with Crippen molar-refractivity contribution in [3.8, 4) is 5.75 Å². The molecule has 0 bridgehead atoms. The lowest BCUT2D eigenvalue weighted by Gasteiger charge is -2.14. The zero-order chi connectivity index (χ0) is 16.0. The third kappa shape index (κ3) is 4.58. The Bertz CT molecular complexity index is 635. The van der Waals surface area contributed by atoms with Gasteiger partial charge in [-0.15, -0.1) is 0 Å². The first-order valence-electron chi connectivity index (χ1n) is 7.94. The Labute approximate surface area is 133 Å². The molecule has 2 rings (SSSR count). The molecule has 122 valence electrons. The van der Waals surface area contributed by atoms with Gasteiger partial charge in [0.25, 0.3) is 0 Å². The molecule has 1 aromatic carbocycles. The average Bonchev–Trinajstić information content (AvgIpc) is 2.50. The van der Waals surface area contributed by atoms with Crippen molar-refractivity contribution in [2.24, 2.45) is 0 Å². The second-order valence-electron chi connectivity index (χ2n) is 5.62. The molecule has 0 saturated heterocycles. The van der Waals surface area contributed by atoms with Crippen molar-refractivity contribution in [1.82, 2.24) is 4.72 Å². The van der Waals surface area contributed by atoms with Crippen LogP contribution in [0.2, 0.25) is 0 Å². The van der Waals surface area contributed by atoms with Crippen LogP contribution in [0.25, 0.3) is 0 Å². The molecule has 0 heterocycles. The van der Waals surface area contributed by atoms with E-state index in [9.17, 15) is 8.42 Å². The number of hydrogen-bond donors (Lipinski definition) is 1. The van der Waals surface area contributed by atoms with Crippen LogP contribution >= 0.6 is 0 Å². The van der Waals surface area contributed by atoms with Gasteiger partial charge in [0.2, 0.25) is 10.0 Å². The van der Waals surface area contributed by atoms with Gasteiger partial charge in [0.15, 0.2) is 0 Å². The van der Waals surface area contributed by atoms with Gasteiger partial charge in [0.05, 0.1) is 11.5 Å². The zero-order valence-electron chi connectivity index (χ0n) is 13.4. The lowest BCUT2D eigenvalue weighted by atomic mass is 9.97. The monoisotopic (exact) mass is 323 g/mol. The molecule has 1 aliphatic carbocycles. The Morgan fingerprint density at radius 1 is 1.27 bits per heavy atom. The Kier molecular flexibility index (Phi) is 6.03. The second kappa shape index (κ2) is 7.79. The first-order valence-corrected chi connectivity index (χ1v) is 9.42. The maximum absolute atomic E-state index is 12.3. The standard InChI is InChI=1S/C17H25NO3S/c1-3-21-17-10-9-16(13-14(17)2)22(19,20)18-12-11-15-7-5-4-6-8-15/h7,9-10,13,18H,3-6,8,11-12H2,1-2H3. The van der Waals surface area contributed by atoms with Crippen LogP contribution in [0.3, 0.4) is 0 Å². The highest BCUT2D eigenvalue weighted by atomic mass is 32.2. The van der Waals surface area contributed by atoms with Gasteiger partial charge in [-0.2, -0.15) is 0 Å². The largest absolute Gasteiger partial charge is 0.494 e. The molecule has 0 atom stereocenters. The van der Waals surface area contributed by atoms with Gasteiger partial charge < -0.3 is 4.74 Å². The third-order valence-electron chi connectivity index (χ3n) is 3.88. The minimum Gasteiger partial charge on any atom is -0.494 e. The van der Waals surface area contributed by atoms with E-state index in [0.29, 0.717) is 18.0 Å². The van der Waals surface area contributed by atoms with Crippen molar-refractivity contribution in [2.75, 3.05) is 13.2 Å². The SMILES string of the molecule is CCOc1ccc(S(=O)(=O)NCCC2=CCCCC2)cc1C. The van der Waals surface area contributed by atoms with Crippen molar-refractivity contribution < 1.29 is 13.2 Å². The molecule has 0 amide bonds. The van der Waals surface area contributed by atoms with Gasteiger partial charge >= 0.3 is 0 Å². The van der Waals surface area contributed by atoms with Gasteiger partial charge in [0.1, 0.15) is 5.75 Å². The first-order chi connectivity index (χ1) is 10.5. The molecule has 0 saturated carbocycles. The highest BCUT2D eigenvalue weighted by Crippen LogP contribution is 2.22. The molecule has 4 nitrogen and oxygen atoms in total. The molecule has 0 fully saturated rings. The van der Waals surface area contributed by atoms with Gasteiger partial charge in [0, 0.05) is 6.54 Å². The fraction of sp³-hybridized carbons (Fsp3) is 0.529. The van der Waals surface area contributed by atoms with Crippen LogP contribution in [-0.4, -0.2) is 21.6 Å². The first kappa shape index (κ1) is 17.0. The Hall–Kier alpha value is -1.33. The smallest absolute Gasteiger partial charge is 0.240 e. The molecule has 0 radical (unpaired) electrons. The number of nitrogens with one attached hydrogen (secondary N) is 1. The van der Waals surface area contributed by atoms with Gasteiger partial charge in [-0.3, -0.25) is 0 Å². The van der Waals surface area contributed by atoms with E-state index < -0.39 is 10.0 Å². The van der Waals surface area contributed by atoms with Crippen LogP contribution in [0.5, 0.6) is 5.75 Å². The molecule has 0 aromatic heterocycles. The number of hydrogen-bond acceptors (Lipinski definition) is 3. The summed E-state index contributed by atoms with van der Waals surface area (Å²) in [6.07, 6.45) is 7.75. The van der Waals surface area contributed by atoms with Crippen LogP contribution in [-0.2, 0) is 10.0 Å². The predicted octanol–water partition coefficient (Wildman–Crippen LogP) is 3.56. The highest BCUT2D eigenvalue weighted by Gasteiger charge is 2.15. The molecule has 1 N–H and O–H groups in total. The molecular weight excluding hydrogens is 298 g/mol. The topological polar surface area (TPSA) is 55.4 Å². The van der Waals surface area contributed by atoms with E-state index in [1.165, 1.54) is 18.4 Å². The van der Waals surface area contributed by atoms with Crippen LogP contribution in [0.15, 0.2) is 34.7 Å². The van der Waals surface area contributed by atoms with Crippen molar-refractivity contribution >= 4 is 10.0 Å². The third-order valence-corrected chi connectivity index (χ3v) is 5.34. The summed E-state index contributed by atoms with van der Waals surface area (Å²) in [6, 6.07) is 4.98. The molecule has 1 aliphatic rings. The average molecular weight is 323 g/mol. The molecule has 22 heavy (non-hydrogen) atoms. The maximum Gasteiger partial charge on any atom is 0.240 e. The summed E-state index contributed by atoms with van der Waals surface area (Å²) in [5, 5.41) is 0. The quantitative estimate of drug-likeness (QED) is 0.781. The van der Waals surface area contributed by atoms with Gasteiger partial charge in [-0.05, 0) is 69.7 Å². The highest BCUT2D eigenvalue weighted by molar-refractivity contribution is 7.89. The fourth-order valence-corrected chi connectivity index (χ4v) is 3.78. The number of benzene rings is 1. The summed E-state index contributed by atoms with van der Waals surface area (Å²) in [5.74, 6) is 0.730. The normalized spacial score (nSPS) is 15.5. The Morgan fingerprint density at radius 3 is 2.73 bits per heavy atom. The molecule has 0 aliphatic heterocycles. The van der Waals surface area contributed by atoms with E-state index >= 15 is 0 Å². The molecule has 5 heteroatoms. The zero-order valence-corrected chi connectivity index (χ0v) is 14.2. The van der Waals surface area contributed by atoms with Crippen molar-refractivity contribution in [3.05, 3.63) is 35.4 Å². The summed E-state index contributed by atoms with van der Waals surface area (Å²) in [4.78, 5) is 0.297. The molecular formula is C17H25NO3S. The fourth-order valence-electron chi connectivity index (χ4n) is 2.67. The lowest BCUT2D eigenvalue weighted by molar-refractivity contribution is 0.337. The number of ether oxygens (including phenoxy) is 1. The maximum atomic E-state index is 12.3. The Morgan fingerprint density at radius 2 is 2.09 bits per heavy atom. The van der Waals surface area contributed by atoms with E-state index in [2.05, 4.69) is 10.8 Å². The van der Waals surface area contributed by atoms with E-state index in [-0.39, 0.29) is 0 Å². The van der Waals surface area contributed by atoms with Crippen molar-refractivity contribution in [2.45, 2.75) is 50.8 Å². The predicted molar refractivity (Wildman–Crippen MR) is 88.7 cm³/mol. The van der Waals surface area contributed by atoms with Crippen LogP contribution in [0.4, 0.5) is 0 Å². The van der Waals surface area contributed by atoms with Crippen LogP contribution in [0, 0.1) is 6.92 Å². The van der Waals surface area contributed by atoms with Crippen molar-refractivity contribution in [3.63, 3.8) is 0 Å². The minimum absolute atomic E-state index is 0.297. The van der Waals surface area contributed by atoms with E-state index in [1.807, 2.05) is 13.8 Å². The molecule has 1 aromatic rings. The second-order valence-corrected chi connectivity index (χ2v) is 7.38. The van der Waals surface area contributed by atoms with E-state index in [0.717, 1.165) is 30.6 Å².